The topological polar surface area (TPSA) is 66.4 Å². The summed E-state index contributed by atoms with van der Waals surface area (Å²) >= 11 is 11.3. The number of hydrogen-bond donors (Lipinski definition) is 2. The van der Waals surface area contributed by atoms with E-state index in [1.165, 1.54) is 12.1 Å². The third-order valence-corrected chi connectivity index (χ3v) is 3.95. The molecule has 7 heteroatoms. The molecule has 1 saturated carbocycles. The minimum atomic E-state index is -0.881. The summed E-state index contributed by atoms with van der Waals surface area (Å²) < 4.78 is 13.2. The average Bonchev–Trinajstić information content (AvgIpc) is 2.85. The number of aliphatic carboxylic acids is 1. The van der Waals surface area contributed by atoms with Crippen LogP contribution in [0.3, 0.4) is 0 Å². The van der Waals surface area contributed by atoms with Crippen LogP contribution in [0, 0.1) is 17.7 Å². The van der Waals surface area contributed by atoms with Gasteiger partial charge in [0.25, 0.3) is 0 Å². The van der Waals surface area contributed by atoms with Gasteiger partial charge < -0.3 is 10.4 Å². The summed E-state index contributed by atoms with van der Waals surface area (Å²) in [7, 11) is 0. The number of benzene rings is 1. The Labute approximate surface area is 124 Å². The summed E-state index contributed by atoms with van der Waals surface area (Å²) in [5.41, 5.74) is 0.296. The fourth-order valence-corrected chi connectivity index (χ4v) is 2.80. The molecule has 0 bridgehead atoms. The minimum Gasteiger partial charge on any atom is -0.481 e. The van der Waals surface area contributed by atoms with Gasteiger partial charge in [-0.05, 0) is 31.4 Å². The maximum Gasteiger partial charge on any atom is 0.306 e. The molecule has 0 aliphatic heterocycles. The van der Waals surface area contributed by atoms with Gasteiger partial charge in [0.05, 0.1) is 16.0 Å². The number of carbonyl (C=O) groups is 2. The molecule has 108 valence electrons. The molecule has 1 amide bonds. The van der Waals surface area contributed by atoms with Crippen LogP contribution in [0.25, 0.3) is 0 Å². The van der Waals surface area contributed by atoms with Gasteiger partial charge in [0, 0.05) is 11.6 Å². The highest BCUT2D eigenvalue weighted by molar-refractivity contribution is 6.35. The van der Waals surface area contributed by atoms with Crippen molar-refractivity contribution in [2.45, 2.75) is 19.3 Å². The van der Waals surface area contributed by atoms with Gasteiger partial charge in [0.2, 0.25) is 5.91 Å². The van der Waals surface area contributed by atoms with Gasteiger partial charge >= 0.3 is 5.97 Å². The maximum atomic E-state index is 13.2. The summed E-state index contributed by atoms with van der Waals surface area (Å²) in [5.74, 6) is -2.76. The van der Waals surface area contributed by atoms with E-state index in [0.29, 0.717) is 24.9 Å². The zero-order valence-electron chi connectivity index (χ0n) is 10.3. The van der Waals surface area contributed by atoms with Crippen LogP contribution in [0.5, 0.6) is 0 Å². The lowest BCUT2D eigenvalue weighted by atomic mass is 10.0. The number of halogens is 3. The first kappa shape index (κ1) is 15.1. The lowest BCUT2D eigenvalue weighted by molar-refractivity contribution is -0.141. The number of hydrogen-bond acceptors (Lipinski definition) is 2. The summed E-state index contributed by atoms with van der Waals surface area (Å²) in [5, 5.41) is 11.1. The van der Waals surface area contributed by atoms with Gasteiger partial charge in [-0.3, -0.25) is 9.59 Å². The molecule has 2 unspecified atom stereocenters. The van der Waals surface area contributed by atoms with E-state index in [-0.39, 0.29) is 21.9 Å². The monoisotopic (exact) mass is 319 g/mol. The highest BCUT2D eigenvalue weighted by Crippen LogP contribution is 2.33. The van der Waals surface area contributed by atoms with Crippen LogP contribution < -0.4 is 5.32 Å². The van der Waals surface area contributed by atoms with Crippen LogP contribution in [-0.4, -0.2) is 17.0 Å². The third-order valence-electron chi connectivity index (χ3n) is 3.40. The Kier molecular flexibility index (Phi) is 4.50. The summed E-state index contributed by atoms with van der Waals surface area (Å²) in [6.07, 6.45) is 1.31. The molecule has 0 radical (unpaired) electrons. The third kappa shape index (κ3) is 3.22. The van der Waals surface area contributed by atoms with Crippen LogP contribution in [0.15, 0.2) is 12.1 Å². The van der Waals surface area contributed by atoms with Crippen molar-refractivity contribution in [2.75, 3.05) is 5.32 Å². The zero-order valence-corrected chi connectivity index (χ0v) is 11.8. The molecule has 0 spiro atoms. The largest absolute Gasteiger partial charge is 0.481 e. The molecule has 0 heterocycles. The molecule has 20 heavy (non-hydrogen) atoms. The lowest BCUT2D eigenvalue weighted by Crippen LogP contribution is -2.21. The number of carboxylic acids is 1. The van der Waals surface area contributed by atoms with Crippen molar-refractivity contribution in [1.82, 2.24) is 0 Å². The Morgan fingerprint density at radius 2 is 1.75 bits per heavy atom. The molecule has 2 rings (SSSR count). The Morgan fingerprint density at radius 1 is 1.20 bits per heavy atom. The van der Waals surface area contributed by atoms with E-state index in [0.717, 1.165) is 0 Å². The zero-order chi connectivity index (χ0) is 14.9. The second-order valence-electron chi connectivity index (χ2n) is 4.79. The Hall–Kier alpha value is -1.33. The number of carboxylic acid groups (broad SMARTS) is 1. The number of carbonyl (C=O) groups excluding carboxylic acids is 1. The summed E-state index contributed by atoms with van der Waals surface area (Å²) in [6, 6.07) is 2.54. The molecule has 2 atom stereocenters. The molecule has 1 aliphatic carbocycles. The van der Waals surface area contributed by atoms with Gasteiger partial charge in [-0.15, -0.1) is 0 Å². The number of nitrogens with one attached hydrogen (secondary N) is 1. The van der Waals surface area contributed by atoms with E-state index in [1.54, 1.807) is 0 Å². The van der Waals surface area contributed by atoms with E-state index >= 15 is 0 Å². The minimum absolute atomic E-state index is 0.178. The SMILES string of the molecule is O=C(O)C1CCC(C(=O)Nc2cc(Cl)c(F)c(Cl)c2)C1. The van der Waals surface area contributed by atoms with Gasteiger partial charge in [-0.2, -0.15) is 0 Å². The van der Waals surface area contributed by atoms with Gasteiger partial charge in [0.1, 0.15) is 0 Å². The average molecular weight is 320 g/mol. The number of amides is 1. The van der Waals surface area contributed by atoms with Crippen molar-refractivity contribution in [2.24, 2.45) is 11.8 Å². The maximum absolute atomic E-state index is 13.2. The fourth-order valence-electron chi connectivity index (χ4n) is 2.32. The van der Waals surface area contributed by atoms with Crippen LogP contribution in [-0.2, 0) is 9.59 Å². The highest BCUT2D eigenvalue weighted by Gasteiger charge is 2.33. The van der Waals surface area contributed by atoms with Crippen molar-refractivity contribution in [3.8, 4) is 0 Å². The van der Waals surface area contributed by atoms with Gasteiger partial charge in [0.15, 0.2) is 5.82 Å². The van der Waals surface area contributed by atoms with E-state index in [1.807, 2.05) is 0 Å². The van der Waals surface area contributed by atoms with Gasteiger partial charge in [-0.1, -0.05) is 23.2 Å². The number of rotatable bonds is 3. The van der Waals surface area contributed by atoms with Crippen LogP contribution in [0.1, 0.15) is 19.3 Å². The molecule has 1 fully saturated rings. The Balaban J connectivity index is 2.04. The van der Waals surface area contributed by atoms with Crippen LogP contribution in [0.2, 0.25) is 10.0 Å². The van der Waals surface area contributed by atoms with E-state index < -0.39 is 17.7 Å². The van der Waals surface area contributed by atoms with Gasteiger partial charge in [-0.25, -0.2) is 4.39 Å². The predicted octanol–water partition coefficient (Wildman–Crippen LogP) is 3.57. The first-order valence-electron chi connectivity index (χ1n) is 6.06. The summed E-state index contributed by atoms with van der Waals surface area (Å²) in [6.45, 7) is 0. The van der Waals surface area contributed by atoms with Crippen LogP contribution >= 0.6 is 23.2 Å². The first-order chi connectivity index (χ1) is 9.38. The van der Waals surface area contributed by atoms with E-state index in [4.69, 9.17) is 28.3 Å². The van der Waals surface area contributed by atoms with Crippen molar-refractivity contribution in [1.29, 1.82) is 0 Å². The molecule has 0 aromatic heterocycles. The standard InChI is InChI=1S/C13H12Cl2FNO3/c14-9-4-8(5-10(15)11(9)16)17-12(18)6-1-2-7(3-6)13(19)20/h4-7H,1-3H2,(H,17,18)(H,19,20). The second kappa shape index (κ2) is 5.97. The molecule has 1 aromatic rings. The number of anilines is 1. The second-order valence-corrected chi connectivity index (χ2v) is 5.60. The quantitative estimate of drug-likeness (QED) is 0.837. The smallest absolute Gasteiger partial charge is 0.306 e. The van der Waals surface area contributed by atoms with Crippen molar-refractivity contribution in [3.05, 3.63) is 28.0 Å². The fraction of sp³-hybridized carbons (Fsp3) is 0.385. The van der Waals surface area contributed by atoms with Crippen molar-refractivity contribution < 1.29 is 19.1 Å². The predicted molar refractivity (Wildman–Crippen MR) is 73.5 cm³/mol. The van der Waals surface area contributed by atoms with Crippen LogP contribution in [0.4, 0.5) is 10.1 Å². The Morgan fingerprint density at radius 3 is 2.25 bits per heavy atom. The first-order valence-corrected chi connectivity index (χ1v) is 6.82. The Bertz CT molecular complexity index is 542. The van der Waals surface area contributed by atoms with Crippen molar-refractivity contribution in [3.63, 3.8) is 0 Å². The summed E-state index contributed by atoms with van der Waals surface area (Å²) in [4.78, 5) is 22.9. The molecular weight excluding hydrogens is 308 g/mol. The van der Waals surface area contributed by atoms with E-state index in [9.17, 15) is 14.0 Å². The highest BCUT2D eigenvalue weighted by atomic mass is 35.5. The normalized spacial score (nSPS) is 21.8. The molecule has 2 N–H and O–H groups in total. The molecule has 0 saturated heterocycles. The van der Waals surface area contributed by atoms with Crippen molar-refractivity contribution >= 4 is 40.8 Å². The van der Waals surface area contributed by atoms with E-state index in [2.05, 4.69) is 5.32 Å². The molecular formula is C13H12Cl2FNO3. The lowest BCUT2D eigenvalue weighted by Gasteiger charge is -2.11. The molecule has 1 aliphatic rings. The molecule has 4 nitrogen and oxygen atoms in total. The molecule has 1 aromatic carbocycles.